The van der Waals surface area contributed by atoms with Gasteiger partial charge in [0.2, 0.25) is 4.96 Å². The zero-order chi connectivity index (χ0) is 16.5. The molecule has 0 amide bonds. The molecule has 2 aromatic heterocycles. The van der Waals surface area contributed by atoms with E-state index in [4.69, 9.17) is 4.74 Å². The monoisotopic (exact) mass is 340 g/mol. The van der Waals surface area contributed by atoms with Crippen molar-refractivity contribution in [2.45, 2.75) is 13.5 Å². The number of rotatable bonds is 4. The van der Waals surface area contributed by atoms with E-state index in [0.29, 0.717) is 16.5 Å². The fourth-order valence-corrected chi connectivity index (χ4v) is 3.18. The number of ether oxygens (including phenoxy) is 1. The van der Waals surface area contributed by atoms with Gasteiger partial charge in [0, 0.05) is 5.56 Å². The Morgan fingerprint density at radius 1 is 1.12 bits per heavy atom. The van der Waals surface area contributed by atoms with Gasteiger partial charge in [-0.3, -0.25) is 0 Å². The summed E-state index contributed by atoms with van der Waals surface area (Å²) >= 11 is 1.48. The van der Waals surface area contributed by atoms with Crippen LogP contribution in [-0.2, 0) is 6.61 Å². The summed E-state index contributed by atoms with van der Waals surface area (Å²) < 4.78 is 20.2. The molecule has 2 heterocycles. The molecule has 0 aliphatic carbocycles. The van der Waals surface area contributed by atoms with Crippen LogP contribution in [0, 0.1) is 12.7 Å². The van der Waals surface area contributed by atoms with Crippen molar-refractivity contribution in [1.82, 2.24) is 19.8 Å². The van der Waals surface area contributed by atoms with Crippen LogP contribution in [0.1, 0.15) is 11.4 Å². The number of aryl methyl sites for hydroxylation is 1. The van der Waals surface area contributed by atoms with Crippen molar-refractivity contribution >= 4 is 16.3 Å². The second kappa shape index (κ2) is 6.01. The number of hydrogen-bond acceptors (Lipinski definition) is 5. The van der Waals surface area contributed by atoms with Crippen LogP contribution in [0.15, 0.2) is 48.5 Å². The lowest BCUT2D eigenvalue weighted by Gasteiger charge is -2.03. The third-order valence-corrected chi connectivity index (χ3v) is 4.45. The second-order valence-corrected chi connectivity index (χ2v) is 6.29. The van der Waals surface area contributed by atoms with Crippen molar-refractivity contribution in [3.05, 3.63) is 65.7 Å². The highest BCUT2D eigenvalue weighted by Crippen LogP contribution is 2.26. The van der Waals surface area contributed by atoms with Crippen LogP contribution < -0.4 is 4.74 Å². The Balaban J connectivity index is 1.59. The fourth-order valence-electron chi connectivity index (χ4n) is 2.32. The van der Waals surface area contributed by atoms with E-state index in [0.717, 1.165) is 10.6 Å². The lowest BCUT2D eigenvalue weighted by molar-refractivity contribution is 0.292. The van der Waals surface area contributed by atoms with Crippen LogP contribution in [0.3, 0.4) is 0 Å². The van der Waals surface area contributed by atoms with Gasteiger partial charge in [-0.15, -0.1) is 10.2 Å². The Morgan fingerprint density at radius 3 is 2.75 bits per heavy atom. The van der Waals surface area contributed by atoms with Gasteiger partial charge >= 0.3 is 0 Å². The Kier molecular flexibility index (Phi) is 3.70. The number of benzene rings is 2. The van der Waals surface area contributed by atoms with E-state index in [1.807, 2.05) is 25.1 Å². The molecule has 120 valence electrons. The van der Waals surface area contributed by atoms with E-state index in [9.17, 15) is 4.39 Å². The van der Waals surface area contributed by atoms with E-state index in [-0.39, 0.29) is 12.4 Å². The first-order chi connectivity index (χ1) is 11.7. The zero-order valence-corrected chi connectivity index (χ0v) is 13.6. The quantitative estimate of drug-likeness (QED) is 0.566. The average molecular weight is 340 g/mol. The van der Waals surface area contributed by atoms with Crippen molar-refractivity contribution in [2.75, 3.05) is 0 Å². The van der Waals surface area contributed by atoms with Crippen molar-refractivity contribution in [1.29, 1.82) is 0 Å². The van der Waals surface area contributed by atoms with Crippen LogP contribution in [0.4, 0.5) is 4.39 Å². The number of halogens is 1. The van der Waals surface area contributed by atoms with Gasteiger partial charge in [-0.2, -0.15) is 9.61 Å². The fraction of sp³-hybridized carbons (Fsp3) is 0.118. The van der Waals surface area contributed by atoms with Gasteiger partial charge in [-0.25, -0.2) is 4.39 Å². The van der Waals surface area contributed by atoms with Gasteiger partial charge < -0.3 is 4.74 Å². The molecule has 0 saturated heterocycles. The lowest BCUT2D eigenvalue weighted by Crippen LogP contribution is -2.02. The predicted molar refractivity (Wildman–Crippen MR) is 89.6 cm³/mol. The summed E-state index contributed by atoms with van der Waals surface area (Å²) in [5, 5.41) is 13.7. The molecule has 0 unspecified atom stereocenters. The molecule has 0 atom stereocenters. The summed E-state index contributed by atoms with van der Waals surface area (Å²) in [5.74, 6) is 0.876. The average Bonchev–Trinajstić information content (AvgIpc) is 3.15. The Morgan fingerprint density at radius 2 is 1.96 bits per heavy atom. The van der Waals surface area contributed by atoms with E-state index in [1.165, 1.54) is 29.0 Å². The number of aromatic nitrogens is 4. The molecule has 0 aliphatic heterocycles. The minimum atomic E-state index is -0.297. The maximum Gasteiger partial charge on any atom is 0.235 e. The molecule has 24 heavy (non-hydrogen) atoms. The number of fused-ring (bicyclic) bond motifs is 1. The van der Waals surface area contributed by atoms with Gasteiger partial charge in [-0.1, -0.05) is 35.1 Å². The minimum Gasteiger partial charge on any atom is -0.486 e. The van der Waals surface area contributed by atoms with Crippen LogP contribution in [0.5, 0.6) is 5.75 Å². The SMILES string of the molecule is Cc1cccc(-c2nn3c(COc4ccc(F)cc4)nnc3s2)c1. The van der Waals surface area contributed by atoms with Gasteiger partial charge in [0.15, 0.2) is 5.82 Å². The lowest BCUT2D eigenvalue weighted by atomic mass is 10.1. The van der Waals surface area contributed by atoms with Gasteiger partial charge in [0.1, 0.15) is 23.2 Å². The summed E-state index contributed by atoms with van der Waals surface area (Å²) in [6.07, 6.45) is 0. The molecule has 5 nitrogen and oxygen atoms in total. The first-order valence-corrected chi connectivity index (χ1v) is 8.17. The molecule has 0 aliphatic rings. The molecule has 0 radical (unpaired) electrons. The zero-order valence-electron chi connectivity index (χ0n) is 12.8. The molecule has 2 aromatic carbocycles. The van der Waals surface area contributed by atoms with E-state index >= 15 is 0 Å². The normalized spacial score (nSPS) is 11.1. The standard InChI is InChI=1S/C17H13FN4OS/c1-11-3-2-4-12(9-11)16-21-22-15(19-20-17(22)24-16)10-23-14-7-5-13(18)6-8-14/h2-9H,10H2,1H3. The van der Waals surface area contributed by atoms with Crippen molar-refractivity contribution < 1.29 is 9.13 Å². The summed E-state index contributed by atoms with van der Waals surface area (Å²) in [4.78, 5) is 0.712. The first kappa shape index (κ1) is 14.8. The number of nitrogens with zero attached hydrogens (tertiary/aromatic N) is 4. The first-order valence-electron chi connectivity index (χ1n) is 7.35. The Labute approximate surface area is 141 Å². The van der Waals surface area contributed by atoms with Gasteiger partial charge in [0.25, 0.3) is 0 Å². The summed E-state index contributed by atoms with van der Waals surface area (Å²) in [6.45, 7) is 2.26. The highest BCUT2D eigenvalue weighted by atomic mass is 32.1. The smallest absolute Gasteiger partial charge is 0.235 e. The number of hydrogen-bond donors (Lipinski definition) is 0. The molecule has 7 heteroatoms. The Hall–Kier alpha value is -2.80. The van der Waals surface area contributed by atoms with Crippen LogP contribution in [0.2, 0.25) is 0 Å². The molecule has 0 spiro atoms. The Bertz CT molecular complexity index is 993. The van der Waals surface area contributed by atoms with Crippen LogP contribution in [-0.4, -0.2) is 19.8 Å². The van der Waals surface area contributed by atoms with Crippen LogP contribution >= 0.6 is 11.3 Å². The van der Waals surface area contributed by atoms with E-state index in [1.54, 1.807) is 16.6 Å². The van der Waals surface area contributed by atoms with Crippen molar-refractivity contribution in [3.8, 4) is 16.3 Å². The van der Waals surface area contributed by atoms with Crippen LogP contribution in [0.25, 0.3) is 15.5 Å². The third-order valence-electron chi connectivity index (χ3n) is 3.50. The highest BCUT2D eigenvalue weighted by Gasteiger charge is 2.13. The summed E-state index contributed by atoms with van der Waals surface area (Å²) in [5.41, 5.74) is 2.23. The predicted octanol–water partition coefficient (Wildman–Crippen LogP) is 3.88. The highest BCUT2D eigenvalue weighted by molar-refractivity contribution is 7.19. The molecule has 4 rings (SSSR count). The molecular formula is C17H13FN4OS. The maximum atomic E-state index is 12.9. The topological polar surface area (TPSA) is 52.3 Å². The van der Waals surface area contributed by atoms with Crippen molar-refractivity contribution in [2.24, 2.45) is 0 Å². The largest absolute Gasteiger partial charge is 0.486 e. The van der Waals surface area contributed by atoms with Gasteiger partial charge in [-0.05, 0) is 37.3 Å². The minimum absolute atomic E-state index is 0.212. The summed E-state index contributed by atoms with van der Waals surface area (Å²) in [6, 6.07) is 14.0. The molecule has 0 N–H and O–H groups in total. The molecule has 0 bridgehead atoms. The maximum absolute atomic E-state index is 12.9. The second-order valence-electron chi connectivity index (χ2n) is 5.33. The molecule has 4 aromatic rings. The third kappa shape index (κ3) is 2.85. The molecule has 0 fully saturated rings. The molecule has 0 saturated carbocycles. The van der Waals surface area contributed by atoms with Gasteiger partial charge in [0.05, 0.1) is 0 Å². The van der Waals surface area contributed by atoms with E-state index in [2.05, 4.69) is 21.4 Å². The van der Waals surface area contributed by atoms with E-state index < -0.39 is 0 Å². The van der Waals surface area contributed by atoms with Crippen molar-refractivity contribution in [3.63, 3.8) is 0 Å². The summed E-state index contributed by atoms with van der Waals surface area (Å²) in [7, 11) is 0. The molecular weight excluding hydrogens is 327 g/mol.